The molecule has 0 saturated carbocycles. The number of allylic oxidation sites excluding steroid dienone is 1. The number of aromatic hydroxyl groups is 2. The maximum atomic E-state index is 12.7. The molecule has 1 heterocycles. The van der Waals surface area contributed by atoms with Crippen LogP contribution < -0.4 is 9.47 Å². The molecule has 0 unspecified atom stereocenters. The molecular formula is C25H28O8. The highest BCUT2D eigenvalue weighted by atomic mass is 16.5. The van der Waals surface area contributed by atoms with Gasteiger partial charge < -0.3 is 29.5 Å². The number of hydrogen-bond donors (Lipinski definition) is 3. The molecule has 0 aliphatic carbocycles. The van der Waals surface area contributed by atoms with Crippen LogP contribution in [0.4, 0.5) is 0 Å². The van der Waals surface area contributed by atoms with Gasteiger partial charge in [0.25, 0.3) is 0 Å². The van der Waals surface area contributed by atoms with E-state index in [9.17, 15) is 24.9 Å². The number of carbonyl (C=O) groups excluding carboxylic acids is 1. The average molecular weight is 456 g/mol. The number of esters is 1. The number of phenols is 2. The molecule has 0 fully saturated rings. The molecule has 0 saturated heterocycles. The van der Waals surface area contributed by atoms with Crippen molar-refractivity contribution in [3.05, 3.63) is 46.5 Å². The number of ether oxygens (including phenoxy) is 3. The van der Waals surface area contributed by atoms with E-state index in [0.717, 1.165) is 25.3 Å². The highest BCUT2D eigenvalue weighted by Gasteiger charge is 2.33. The van der Waals surface area contributed by atoms with E-state index in [0.29, 0.717) is 29.9 Å². The quantitative estimate of drug-likeness (QED) is 0.310. The number of carboxylic acid groups (broad SMARTS) is 1. The largest absolute Gasteiger partial charge is 0.507 e. The summed E-state index contributed by atoms with van der Waals surface area (Å²) >= 11 is 0. The molecule has 33 heavy (non-hydrogen) atoms. The van der Waals surface area contributed by atoms with Crippen molar-refractivity contribution in [2.24, 2.45) is 0 Å². The van der Waals surface area contributed by atoms with E-state index in [2.05, 4.69) is 0 Å². The lowest BCUT2D eigenvalue weighted by atomic mass is 9.98. The molecule has 3 rings (SSSR count). The van der Waals surface area contributed by atoms with Crippen molar-refractivity contribution in [2.45, 2.75) is 52.4 Å². The first kappa shape index (κ1) is 24.0. The van der Waals surface area contributed by atoms with Gasteiger partial charge in [0.1, 0.15) is 34.1 Å². The van der Waals surface area contributed by atoms with Crippen LogP contribution in [0.25, 0.3) is 5.76 Å². The predicted molar refractivity (Wildman–Crippen MR) is 121 cm³/mol. The summed E-state index contributed by atoms with van der Waals surface area (Å²) in [5.41, 5.74) is 0.455. The van der Waals surface area contributed by atoms with Gasteiger partial charge in [-0.25, -0.2) is 9.59 Å². The summed E-state index contributed by atoms with van der Waals surface area (Å²) in [7, 11) is 1.47. The van der Waals surface area contributed by atoms with E-state index in [1.165, 1.54) is 13.2 Å². The lowest BCUT2D eigenvalue weighted by Gasteiger charge is -2.18. The van der Waals surface area contributed by atoms with E-state index in [1.54, 1.807) is 6.07 Å². The van der Waals surface area contributed by atoms with Gasteiger partial charge in [-0.1, -0.05) is 33.1 Å². The minimum absolute atomic E-state index is 0.0586. The van der Waals surface area contributed by atoms with Gasteiger partial charge in [-0.15, -0.1) is 0 Å². The van der Waals surface area contributed by atoms with E-state index in [4.69, 9.17) is 14.2 Å². The first-order valence-corrected chi connectivity index (χ1v) is 11.0. The molecule has 0 radical (unpaired) electrons. The van der Waals surface area contributed by atoms with E-state index >= 15 is 0 Å². The first-order valence-electron chi connectivity index (χ1n) is 11.0. The summed E-state index contributed by atoms with van der Waals surface area (Å²) in [6.45, 7) is 4.01. The van der Waals surface area contributed by atoms with Crippen LogP contribution in [0.15, 0.2) is 24.3 Å². The average Bonchev–Trinajstić information content (AvgIpc) is 3.09. The topological polar surface area (TPSA) is 123 Å². The number of fused-ring (bicyclic) bond motifs is 1. The zero-order chi connectivity index (χ0) is 24.1. The zero-order valence-corrected chi connectivity index (χ0v) is 18.9. The van der Waals surface area contributed by atoms with Crippen molar-refractivity contribution in [3.8, 4) is 28.7 Å². The molecule has 1 aliphatic rings. The van der Waals surface area contributed by atoms with Gasteiger partial charge in [0.05, 0.1) is 7.11 Å². The van der Waals surface area contributed by atoms with Crippen LogP contribution in [-0.4, -0.2) is 34.4 Å². The monoisotopic (exact) mass is 456 g/mol. The molecule has 2 aromatic carbocycles. The van der Waals surface area contributed by atoms with Gasteiger partial charge in [-0.05, 0) is 31.4 Å². The molecule has 0 amide bonds. The lowest BCUT2D eigenvalue weighted by molar-refractivity contribution is 0.0686. The fourth-order valence-electron chi connectivity index (χ4n) is 3.77. The fraction of sp³-hybridized carbons (Fsp3) is 0.360. The first-order chi connectivity index (χ1) is 15.8. The Hall–Kier alpha value is -3.68. The summed E-state index contributed by atoms with van der Waals surface area (Å²) in [6.07, 6.45) is 5.97. The summed E-state index contributed by atoms with van der Waals surface area (Å²) < 4.78 is 16.8. The maximum absolute atomic E-state index is 12.7. The number of cyclic esters (lactones) is 1. The normalized spacial score (nSPS) is 13.7. The Morgan fingerprint density at radius 1 is 1.09 bits per heavy atom. The third-order valence-electron chi connectivity index (χ3n) is 5.40. The molecule has 176 valence electrons. The van der Waals surface area contributed by atoms with Crippen molar-refractivity contribution < 1.29 is 39.1 Å². The predicted octanol–water partition coefficient (Wildman–Crippen LogP) is 5.64. The van der Waals surface area contributed by atoms with Crippen LogP contribution in [0.3, 0.4) is 0 Å². The van der Waals surface area contributed by atoms with Gasteiger partial charge >= 0.3 is 11.9 Å². The standard InChI is InChI=1S/C25H28O8/c1-4-6-8-9-15-21(24(28)29)17(26)13-18(27)23(15)32-20-12-14(31-3)11-16-19(10-7-5-2)33-25(30)22(16)20/h10-13,26-27H,4-9H2,1-3H3,(H,28,29)/b19-10+. The molecule has 8 heteroatoms. The molecule has 3 N–H and O–H groups in total. The van der Waals surface area contributed by atoms with Crippen LogP contribution in [0.1, 0.15) is 77.8 Å². The Labute approximate surface area is 192 Å². The van der Waals surface area contributed by atoms with Crippen LogP contribution in [0.5, 0.6) is 28.7 Å². The third-order valence-corrected chi connectivity index (χ3v) is 5.40. The number of rotatable bonds is 10. The SMILES string of the molecule is CCC/C=C1/OC(=O)c2c(Oc3c(O)cc(O)c(C(=O)O)c3CCCCC)cc(OC)cc21. The lowest BCUT2D eigenvalue weighted by Crippen LogP contribution is -2.07. The number of methoxy groups -OCH3 is 1. The number of carboxylic acids is 1. The second kappa shape index (κ2) is 10.3. The molecule has 0 bridgehead atoms. The zero-order valence-electron chi connectivity index (χ0n) is 18.9. The molecule has 1 aliphatic heterocycles. The number of hydrogen-bond acceptors (Lipinski definition) is 7. The second-order valence-corrected chi connectivity index (χ2v) is 7.76. The fourth-order valence-corrected chi connectivity index (χ4v) is 3.77. The van der Waals surface area contributed by atoms with Gasteiger partial charge in [-0.3, -0.25) is 0 Å². The Balaban J connectivity index is 2.17. The van der Waals surface area contributed by atoms with Gasteiger partial charge in [0.2, 0.25) is 0 Å². The van der Waals surface area contributed by atoms with Gasteiger partial charge in [-0.2, -0.15) is 0 Å². The molecule has 0 spiro atoms. The molecular weight excluding hydrogens is 428 g/mol. The van der Waals surface area contributed by atoms with E-state index < -0.39 is 23.4 Å². The highest BCUT2D eigenvalue weighted by Crippen LogP contribution is 2.46. The summed E-state index contributed by atoms with van der Waals surface area (Å²) in [5.74, 6) is -2.23. The van der Waals surface area contributed by atoms with Crippen molar-refractivity contribution in [1.29, 1.82) is 0 Å². The number of unbranched alkanes of at least 4 members (excludes halogenated alkanes) is 3. The molecule has 0 atom stereocenters. The smallest absolute Gasteiger partial charge is 0.348 e. The van der Waals surface area contributed by atoms with Gasteiger partial charge in [0, 0.05) is 23.3 Å². The van der Waals surface area contributed by atoms with Crippen molar-refractivity contribution in [3.63, 3.8) is 0 Å². The Morgan fingerprint density at radius 3 is 2.48 bits per heavy atom. The van der Waals surface area contributed by atoms with E-state index in [1.807, 2.05) is 19.9 Å². The number of carbonyl (C=O) groups is 2. The maximum Gasteiger partial charge on any atom is 0.348 e. The van der Waals surface area contributed by atoms with Crippen LogP contribution in [0.2, 0.25) is 0 Å². The van der Waals surface area contributed by atoms with E-state index in [-0.39, 0.29) is 34.6 Å². The van der Waals surface area contributed by atoms with Crippen LogP contribution in [0, 0.1) is 0 Å². The van der Waals surface area contributed by atoms with Crippen LogP contribution in [-0.2, 0) is 11.2 Å². The van der Waals surface area contributed by atoms with Crippen molar-refractivity contribution in [1.82, 2.24) is 0 Å². The minimum Gasteiger partial charge on any atom is -0.507 e. The Bertz CT molecular complexity index is 1100. The number of aromatic carboxylic acids is 1. The highest BCUT2D eigenvalue weighted by molar-refractivity contribution is 6.05. The Morgan fingerprint density at radius 2 is 1.85 bits per heavy atom. The summed E-state index contributed by atoms with van der Waals surface area (Å²) in [5, 5.41) is 30.4. The van der Waals surface area contributed by atoms with Crippen molar-refractivity contribution >= 4 is 17.7 Å². The second-order valence-electron chi connectivity index (χ2n) is 7.76. The van der Waals surface area contributed by atoms with Crippen LogP contribution >= 0.6 is 0 Å². The Kier molecular flexibility index (Phi) is 7.48. The number of phenolic OH excluding ortho intramolecular Hbond substituents is 1. The number of benzene rings is 2. The summed E-state index contributed by atoms with van der Waals surface area (Å²) in [6, 6.07) is 4.06. The third kappa shape index (κ3) is 4.89. The van der Waals surface area contributed by atoms with Crippen molar-refractivity contribution in [2.75, 3.05) is 7.11 Å². The summed E-state index contributed by atoms with van der Waals surface area (Å²) in [4.78, 5) is 24.6. The minimum atomic E-state index is -1.34. The molecule has 2 aromatic rings. The molecule has 0 aromatic heterocycles. The van der Waals surface area contributed by atoms with Gasteiger partial charge in [0.15, 0.2) is 11.5 Å². The molecule has 8 nitrogen and oxygen atoms in total.